The molecule has 0 bridgehead atoms. The second kappa shape index (κ2) is 9.32. The Balaban J connectivity index is 1.33. The Morgan fingerprint density at radius 1 is 1.06 bits per heavy atom. The second-order valence-electron chi connectivity index (χ2n) is 8.31. The fourth-order valence-corrected chi connectivity index (χ4v) is 4.39. The van der Waals surface area contributed by atoms with Gasteiger partial charge in [-0.3, -0.25) is 14.5 Å². The summed E-state index contributed by atoms with van der Waals surface area (Å²) in [6.07, 6.45) is 8.25. The predicted molar refractivity (Wildman–Crippen MR) is 123 cm³/mol. The number of rotatable bonds is 5. The number of hydrogen-bond donors (Lipinski definition) is 0. The molecule has 4 aromatic rings. The highest BCUT2D eigenvalue weighted by atomic mass is 16.5. The lowest BCUT2D eigenvalue weighted by Gasteiger charge is -2.25. The summed E-state index contributed by atoms with van der Waals surface area (Å²) in [5.74, 6) is 0.312. The van der Waals surface area contributed by atoms with Crippen LogP contribution in [0.25, 0.3) is 10.8 Å². The van der Waals surface area contributed by atoms with E-state index in [2.05, 4.69) is 28.3 Å². The predicted octanol–water partition coefficient (Wildman–Crippen LogP) is 3.81. The maximum atomic E-state index is 13.5. The Morgan fingerprint density at radius 2 is 2.00 bits per heavy atom. The fourth-order valence-electron chi connectivity index (χ4n) is 4.39. The van der Waals surface area contributed by atoms with Crippen molar-refractivity contribution in [2.45, 2.75) is 13.0 Å². The van der Waals surface area contributed by atoms with Gasteiger partial charge in [-0.25, -0.2) is 0 Å². The number of benzene rings is 2. The van der Waals surface area contributed by atoms with Gasteiger partial charge in [-0.05, 0) is 41.1 Å². The van der Waals surface area contributed by atoms with Gasteiger partial charge in [0.2, 0.25) is 0 Å². The van der Waals surface area contributed by atoms with Crippen molar-refractivity contribution in [3.05, 3.63) is 96.1 Å². The molecule has 0 saturated carbocycles. The van der Waals surface area contributed by atoms with Crippen molar-refractivity contribution in [1.82, 2.24) is 19.7 Å². The quantitative estimate of drug-likeness (QED) is 0.487. The van der Waals surface area contributed by atoms with Crippen LogP contribution in [0, 0.1) is 5.92 Å². The van der Waals surface area contributed by atoms with Crippen LogP contribution in [0.3, 0.4) is 0 Å². The number of ether oxygens (including phenoxy) is 1. The standard InChI is InChI=1S/C26H26N4O2/c31-26(25-5-2-1-4-24(25)18-30-11-3-9-28-30)29-12-13-32-19-21(17-29)14-20-6-7-23-16-27-10-8-22(23)15-20/h1-11,15-16,21H,12-14,17-19H2/t21-/m0/s1. The lowest BCUT2D eigenvalue weighted by molar-refractivity contribution is 0.0736. The monoisotopic (exact) mass is 426 g/mol. The summed E-state index contributed by atoms with van der Waals surface area (Å²) in [4.78, 5) is 19.6. The molecule has 1 fully saturated rings. The van der Waals surface area contributed by atoms with Crippen molar-refractivity contribution in [1.29, 1.82) is 0 Å². The van der Waals surface area contributed by atoms with Gasteiger partial charge >= 0.3 is 0 Å². The Kier molecular flexibility index (Phi) is 5.94. The zero-order chi connectivity index (χ0) is 21.8. The van der Waals surface area contributed by atoms with Crippen molar-refractivity contribution in [2.24, 2.45) is 5.92 Å². The molecule has 3 heterocycles. The van der Waals surface area contributed by atoms with Gasteiger partial charge in [0, 0.05) is 54.7 Å². The lowest BCUT2D eigenvalue weighted by atomic mass is 9.97. The molecule has 0 radical (unpaired) electrons. The number of carbonyl (C=O) groups excluding carboxylic acids is 1. The number of fused-ring (bicyclic) bond motifs is 1. The molecule has 2 aromatic heterocycles. The number of hydrogen-bond acceptors (Lipinski definition) is 4. The number of carbonyl (C=O) groups is 1. The van der Waals surface area contributed by atoms with Crippen LogP contribution in [0.15, 0.2) is 79.4 Å². The van der Waals surface area contributed by atoms with Crippen molar-refractivity contribution < 1.29 is 9.53 Å². The smallest absolute Gasteiger partial charge is 0.254 e. The maximum absolute atomic E-state index is 13.5. The number of nitrogens with zero attached hydrogens (tertiary/aromatic N) is 4. The van der Waals surface area contributed by atoms with Gasteiger partial charge in [0.25, 0.3) is 5.91 Å². The van der Waals surface area contributed by atoms with E-state index in [9.17, 15) is 4.79 Å². The first kappa shape index (κ1) is 20.4. The highest BCUT2D eigenvalue weighted by Crippen LogP contribution is 2.21. The van der Waals surface area contributed by atoms with E-state index in [1.54, 1.807) is 6.20 Å². The van der Waals surface area contributed by atoms with Crippen molar-refractivity contribution in [3.63, 3.8) is 0 Å². The largest absolute Gasteiger partial charge is 0.379 e. The summed E-state index contributed by atoms with van der Waals surface area (Å²) in [6, 6.07) is 18.2. The molecular weight excluding hydrogens is 400 g/mol. The summed E-state index contributed by atoms with van der Waals surface area (Å²) in [6.45, 7) is 3.09. The molecule has 0 aliphatic carbocycles. The zero-order valence-corrected chi connectivity index (χ0v) is 17.9. The molecule has 1 aliphatic heterocycles. The van der Waals surface area contributed by atoms with Crippen LogP contribution in [-0.2, 0) is 17.7 Å². The minimum absolute atomic E-state index is 0.0628. The zero-order valence-electron chi connectivity index (χ0n) is 17.9. The van der Waals surface area contributed by atoms with E-state index in [0.717, 1.165) is 22.9 Å². The molecule has 0 unspecified atom stereocenters. The lowest BCUT2D eigenvalue weighted by Crippen LogP contribution is -2.37. The summed E-state index contributed by atoms with van der Waals surface area (Å²) < 4.78 is 7.72. The van der Waals surface area contributed by atoms with Gasteiger partial charge < -0.3 is 9.64 Å². The van der Waals surface area contributed by atoms with Crippen LogP contribution >= 0.6 is 0 Å². The molecule has 1 saturated heterocycles. The number of amides is 1. The minimum Gasteiger partial charge on any atom is -0.379 e. The minimum atomic E-state index is 0.0628. The van der Waals surface area contributed by atoms with Crippen LogP contribution < -0.4 is 0 Å². The van der Waals surface area contributed by atoms with Crippen LogP contribution in [0.1, 0.15) is 21.5 Å². The second-order valence-corrected chi connectivity index (χ2v) is 8.31. The first-order valence-electron chi connectivity index (χ1n) is 11.0. The van der Waals surface area contributed by atoms with E-state index in [1.807, 2.05) is 64.6 Å². The van der Waals surface area contributed by atoms with Crippen LogP contribution in [0.5, 0.6) is 0 Å². The van der Waals surface area contributed by atoms with E-state index in [4.69, 9.17) is 4.74 Å². The van der Waals surface area contributed by atoms with Gasteiger partial charge in [0.05, 0.1) is 19.8 Å². The topological polar surface area (TPSA) is 60.2 Å². The summed E-state index contributed by atoms with van der Waals surface area (Å²) in [7, 11) is 0. The third kappa shape index (κ3) is 4.55. The third-order valence-corrected chi connectivity index (χ3v) is 5.99. The summed E-state index contributed by atoms with van der Waals surface area (Å²) >= 11 is 0. The molecule has 2 aromatic carbocycles. The van der Waals surface area contributed by atoms with Crippen LogP contribution in [-0.4, -0.2) is 51.9 Å². The number of pyridine rings is 1. The summed E-state index contributed by atoms with van der Waals surface area (Å²) in [5, 5.41) is 6.61. The maximum Gasteiger partial charge on any atom is 0.254 e. The Morgan fingerprint density at radius 3 is 2.91 bits per heavy atom. The van der Waals surface area contributed by atoms with Crippen molar-refractivity contribution in [3.8, 4) is 0 Å². The molecule has 0 N–H and O–H groups in total. The van der Waals surface area contributed by atoms with Gasteiger partial charge in [-0.1, -0.05) is 36.4 Å². The Hall–Kier alpha value is -3.51. The number of aromatic nitrogens is 3. The van der Waals surface area contributed by atoms with Gasteiger partial charge in [-0.2, -0.15) is 5.10 Å². The Labute approximate surface area is 187 Å². The molecule has 6 heteroatoms. The molecule has 0 spiro atoms. The Bertz CT molecular complexity index is 1210. The average Bonchev–Trinajstić information content (AvgIpc) is 3.23. The molecule has 5 rings (SSSR count). The molecular formula is C26H26N4O2. The first-order chi connectivity index (χ1) is 15.8. The molecule has 1 atom stereocenters. The van der Waals surface area contributed by atoms with Crippen LogP contribution in [0.4, 0.5) is 0 Å². The first-order valence-corrected chi connectivity index (χ1v) is 11.0. The van der Waals surface area contributed by atoms with E-state index in [0.29, 0.717) is 32.8 Å². The van der Waals surface area contributed by atoms with E-state index < -0.39 is 0 Å². The van der Waals surface area contributed by atoms with E-state index in [-0.39, 0.29) is 11.8 Å². The van der Waals surface area contributed by atoms with Crippen molar-refractivity contribution in [2.75, 3.05) is 26.3 Å². The van der Waals surface area contributed by atoms with Gasteiger partial charge in [0.15, 0.2) is 0 Å². The molecule has 6 nitrogen and oxygen atoms in total. The summed E-state index contributed by atoms with van der Waals surface area (Å²) in [5.41, 5.74) is 2.97. The van der Waals surface area contributed by atoms with E-state index >= 15 is 0 Å². The highest BCUT2D eigenvalue weighted by molar-refractivity contribution is 5.95. The molecule has 1 amide bonds. The molecule has 162 valence electrons. The normalized spacial score (nSPS) is 16.8. The van der Waals surface area contributed by atoms with Gasteiger partial charge in [-0.15, -0.1) is 0 Å². The van der Waals surface area contributed by atoms with Crippen LogP contribution in [0.2, 0.25) is 0 Å². The fraction of sp³-hybridized carbons (Fsp3) is 0.269. The highest BCUT2D eigenvalue weighted by Gasteiger charge is 2.25. The van der Waals surface area contributed by atoms with Gasteiger partial charge in [0.1, 0.15) is 0 Å². The molecule has 32 heavy (non-hydrogen) atoms. The SMILES string of the molecule is O=C(c1ccccc1Cn1cccn1)N1CCOC[C@@H](Cc2ccc3cnccc3c2)C1. The van der Waals surface area contributed by atoms with E-state index in [1.165, 1.54) is 10.9 Å². The van der Waals surface area contributed by atoms with Crippen molar-refractivity contribution >= 4 is 16.7 Å². The average molecular weight is 427 g/mol. The molecule has 1 aliphatic rings. The third-order valence-electron chi connectivity index (χ3n) is 5.99.